The Morgan fingerprint density at radius 1 is 1.04 bits per heavy atom. The number of nitrogens with one attached hydrogen (secondary N) is 1. The van der Waals surface area contributed by atoms with Crippen LogP contribution in [0.2, 0.25) is 0 Å². The van der Waals surface area contributed by atoms with Crippen LogP contribution in [0.4, 0.5) is 5.69 Å². The third-order valence-electron chi connectivity index (χ3n) is 4.98. The lowest BCUT2D eigenvalue weighted by molar-refractivity contribution is 0.0992. The molecule has 0 saturated heterocycles. The summed E-state index contributed by atoms with van der Waals surface area (Å²) in [7, 11) is 0. The molecule has 3 aromatic rings. The van der Waals surface area contributed by atoms with Gasteiger partial charge in [0.2, 0.25) is 0 Å². The lowest BCUT2D eigenvalue weighted by Gasteiger charge is -2.08. The van der Waals surface area contributed by atoms with Gasteiger partial charge in [0.1, 0.15) is 18.1 Å². The first kappa shape index (κ1) is 17.4. The molecule has 2 aromatic carbocycles. The van der Waals surface area contributed by atoms with Crippen LogP contribution in [-0.2, 0) is 19.4 Å². The fourth-order valence-corrected chi connectivity index (χ4v) is 3.42. The molecular weight excluding hydrogens is 338 g/mol. The summed E-state index contributed by atoms with van der Waals surface area (Å²) in [6.07, 6.45) is 3.50. The molecule has 1 aromatic heterocycles. The third kappa shape index (κ3) is 3.90. The molecule has 1 aliphatic rings. The van der Waals surface area contributed by atoms with Crippen LogP contribution in [0, 0.1) is 13.8 Å². The molecule has 4 heteroatoms. The zero-order chi connectivity index (χ0) is 18.8. The second kappa shape index (κ2) is 7.31. The standard InChI is InChI=1S/C23H23NO3/c1-15-6-7-16(2)21(12-15)24-23(25)22-11-10-20(27-22)14-26-19-9-8-17-4-3-5-18(17)13-19/h6-13H,3-5,14H2,1-2H3,(H,24,25). The highest BCUT2D eigenvalue weighted by molar-refractivity contribution is 6.02. The first-order valence-corrected chi connectivity index (χ1v) is 9.30. The van der Waals surface area contributed by atoms with Crippen molar-refractivity contribution in [2.24, 2.45) is 0 Å². The molecule has 1 heterocycles. The van der Waals surface area contributed by atoms with Crippen LogP contribution >= 0.6 is 0 Å². The van der Waals surface area contributed by atoms with E-state index in [-0.39, 0.29) is 11.7 Å². The molecule has 1 amide bonds. The number of amides is 1. The Labute approximate surface area is 159 Å². The molecule has 27 heavy (non-hydrogen) atoms. The Morgan fingerprint density at radius 2 is 1.89 bits per heavy atom. The summed E-state index contributed by atoms with van der Waals surface area (Å²) >= 11 is 0. The van der Waals surface area contributed by atoms with Crippen molar-refractivity contribution in [2.75, 3.05) is 5.32 Å². The van der Waals surface area contributed by atoms with Crippen molar-refractivity contribution in [1.82, 2.24) is 0 Å². The number of hydrogen-bond acceptors (Lipinski definition) is 3. The second-order valence-corrected chi connectivity index (χ2v) is 7.11. The Balaban J connectivity index is 1.39. The maximum absolute atomic E-state index is 12.4. The largest absolute Gasteiger partial charge is 0.486 e. The fourth-order valence-electron chi connectivity index (χ4n) is 3.42. The summed E-state index contributed by atoms with van der Waals surface area (Å²) in [4.78, 5) is 12.4. The lowest BCUT2D eigenvalue weighted by Crippen LogP contribution is -2.12. The topological polar surface area (TPSA) is 51.5 Å². The van der Waals surface area contributed by atoms with E-state index >= 15 is 0 Å². The Kier molecular flexibility index (Phi) is 4.71. The zero-order valence-corrected chi connectivity index (χ0v) is 15.7. The molecule has 1 N–H and O–H groups in total. The molecule has 0 unspecified atom stereocenters. The monoisotopic (exact) mass is 361 g/mol. The van der Waals surface area contributed by atoms with Crippen molar-refractivity contribution < 1.29 is 13.9 Å². The van der Waals surface area contributed by atoms with E-state index in [2.05, 4.69) is 17.4 Å². The Bertz CT molecular complexity index is 987. The number of benzene rings is 2. The predicted molar refractivity (Wildman–Crippen MR) is 105 cm³/mol. The molecule has 0 fully saturated rings. The van der Waals surface area contributed by atoms with Crippen LogP contribution in [-0.4, -0.2) is 5.91 Å². The molecule has 0 bridgehead atoms. The van der Waals surface area contributed by atoms with E-state index in [1.165, 1.54) is 17.5 Å². The predicted octanol–water partition coefficient (Wildman–Crippen LogP) is 5.22. The summed E-state index contributed by atoms with van der Waals surface area (Å²) in [5, 5.41) is 2.91. The van der Waals surface area contributed by atoms with Gasteiger partial charge < -0.3 is 14.5 Å². The average Bonchev–Trinajstić information content (AvgIpc) is 3.31. The van der Waals surface area contributed by atoms with E-state index in [1.807, 2.05) is 38.1 Å². The van der Waals surface area contributed by atoms with Crippen LogP contribution in [0.5, 0.6) is 5.75 Å². The number of aryl methyl sites for hydroxylation is 4. The average molecular weight is 361 g/mol. The number of ether oxygens (including phenoxy) is 1. The molecular formula is C23H23NO3. The molecule has 4 rings (SSSR count). The molecule has 0 spiro atoms. The molecule has 4 nitrogen and oxygen atoms in total. The van der Waals surface area contributed by atoms with E-state index in [0.29, 0.717) is 12.4 Å². The van der Waals surface area contributed by atoms with Crippen molar-refractivity contribution in [1.29, 1.82) is 0 Å². The van der Waals surface area contributed by atoms with E-state index < -0.39 is 0 Å². The van der Waals surface area contributed by atoms with Gasteiger partial charge in [0.15, 0.2) is 5.76 Å². The van der Waals surface area contributed by atoms with Gasteiger partial charge in [-0.3, -0.25) is 4.79 Å². The van der Waals surface area contributed by atoms with Gasteiger partial charge in [-0.1, -0.05) is 18.2 Å². The van der Waals surface area contributed by atoms with E-state index in [0.717, 1.165) is 35.4 Å². The summed E-state index contributed by atoms with van der Waals surface area (Å²) in [6.45, 7) is 4.26. The van der Waals surface area contributed by atoms with Crippen LogP contribution in [0.15, 0.2) is 52.9 Å². The number of anilines is 1. The molecule has 0 saturated carbocycles. The fraction of sp³-hybridized carbons (Fsp3) is 0.261. The van der Waals surface area contributed by atoms with Gasteiger partial charge in [-0.15, -0.1) is 0 Å². The first-order chi connectivity index (χ1) is 13.1. The first-order valence-electron chi connectivity index (χ1n) is 9.30. The summed E-state index contributed by atoms with van der Waals surface area (Å²) in [5.74, 6) is 1.49. The summed E-state index contributed by atoms with van der Waals surface area (Å²) < 4.78 is 11.5. The quantitative estimate of drug-likeness (QED) is 0.678. The number of fused-ring (bicyclic) bond motifs is 1. The van der Waals surface area contributed by atoms with Crippen LogP contribution in [0.1, 0.15) is 45.0 Å². The SMILES string of the molecule is Cc1ccc(C)c(NC(=O)c2ccc(COc3ccc4c(c3)CCC4)o2)c1. The number of carbonyl (C=O) groups excluding carboxylic acids is 1. The lowest BCUT2D eigenvalue weighted by atomic mass is 10.1. The summed E-state index contributed by atoms with van der Waals surface area (Å²) in [5.41, 5.74) is 5.71. The van der Waals surface area contributed by atoms with Crippen LogP contribution < -0.4 is 10.1 Å². The maximum atomic E-state index is 12.4. The minimum Gasteiger partial charge on any atom is -0.486 e. The van der Waals surface area contributed by atoms with Crippen LogP contribution in [0.3, 0.4) is 0 Å². The van der Waals surface area contributed by atoms with Crippen molar-refractivity contribution in [3.05, 3.63) is 82.3 Å². The number of furan rings is 1. The van der Waals surface area contributed by atoms with Gasteiger partial charge in [0.05, 0.1) is 0 Å². The Morgan fingerprint density at radius 3 is 2.78 bits per heavy atom. The smallest absolute Gasteiger partial charge is 0.291 e. The number of hydrogen-bond donors (Lipinski definition) is 1. The maximum Gasteiger partial charge on any atom is 0.291 e. The van der Waals surface area contributed by atoms with Gasteiger partial charge >= 0.3 is 0 Å². The van der Waals surface area contributed by atoms with Gasteiger partial charge in [0.25, 0.3) is 5.91 Å². The van der Waals surface area contributed by atoms with Crippen molar-refractivity contribution in [2.45, 2.75) is 39.7 Å². The molecule has 0 atom stereocenters. The zero-order valence-electron chi connectivity index (χ0n) is 15.7. The van der Waals surface area contributed by atoms with Crippen LogP contribution in [0.25, 0.3) is 0 Å². The summed E-state index contributed by atoms with van der Waals surface area (Å²) in [6, 6.07) is 15.7. The second-order valence-electron chi connectivity index (χ2n) is 7.11. The van der Waals surface area contributed by atoms with Crippen molar-refractivity contribution in [3.63, 3.8) is 0 Å². The van der Waals surface area contributed by atoms with Gasteiger partial charge in [-0.2, -0.15) is 0 Å². The Hall–Kier alpha value is -3.01. The molecule has 138 valence electrons. The highest BCUT2D eigenvalue weighted by atomic mass is 16.5. The van der Waals surface area contributed by atoms with Crippen molar-refractivity contribution >= 4 is 11.6 Å². The van der Waals surface area contributed by atoms with Gasteiger partial charge in [-0.25, -0.2) is 0 Å². The highest BCUT2D eigenvalue weighted by Crippen LogP contribution is 2.26. The minimum atomic E-state index is -0.257. The number of carbonyl (C=O) groups is 1. The van der Waals surface area contributed by atoms with Crippen molar-refractivity contribution in [3.8, 4) is 5.75 Å². The van der Waals surface area contributed by atoms with Gasteiger partial charge in [-0.05, 0) is 85.7 Å². The van der Waals surface area contributed by atoms with Gasteiger partial charge in [0, 0.05) is 5.69 Å². The third-order valence-corrected chi connectivity index (χ3v) is 4.98. The van der Waals surface area contributed by atoms with E-state index in [1.54, 1.807) is 12.1 Å². The van der Waals surface area contributed by atoms with E-state index in [4.69, 9.17) is 9.15 Å². The molecule has 0 aliphatic heterocycles. The highest BCUT2D eigenvalue weighted by Gasteiger charge is 2.14. The van der Waals surface area contributed by atoms with E-state index in [9.17, 15) is 4.79 Å². The molecule has 0 radical (unpaired) electrons. The normalized spacial score (nSPS) is 12.7. The molecule has 1 aliphatic carbocycles. The number of rotatable bonds is 5. The minimum absolute atomic E-state index is 0.257.